The minimum Gasteiger partial charge on any atom is -0.478 e. The average molecular weight is 520 g/mol. The molecule has 8 nitrogen and oxygen atoms in total. The quantitative estimate of drug-likeness (QED) is 0.199. The second-order valence-electron chi connectivity index (χ2n) is 7.96. The topological polar surface area (TPSA) is 124 Å². The summed E-state index contributed by atoms with van der Waals surface area (Å²) in [5.41, 5.74) is 1.81. The normalized spacial score (nSPS) is 11.8. The summed E-state index contributed by atoms with van der Waals surface area (Å²) in [6.07, 6.45) is 0.319. The molecule has 0 unspecified atom stereocenters. The first-order chi connectivity index (χ1) is 18.1. The second-order valence-corrected chi connectivity index (χ2v) is 7.96. The molecule has 0 amide bonds. The first kappa shape index (κ1) is 25.9. The summed E-state index contributed by atoms with van der Waals surface area (Å²) in [6.45, 7) is 0. The number of carboxylic acids is 2. The molecule has 1 aromatic heterocycles. The van der Waals surface area contributed by atoms with Crippen LogP contribution in [0.4, 0.5) is 36.2 Å². The van der Waals surface area contributed by atoms with Gasteiger partial charge in [-0.3, -0.25) is 0 Å². The molecule has 192 valence electrons. The van der Waals surface area contributed by atoms with E-state index in [0.717, 1.165) is 24.3 Å². The molecule has 0 bridgehead atoms. The second kappa shape index (κ2) is 10.8. The number of hydrogen-bond donors (Lipinski definition) is 4. The van der Waals surface area contributed by atoms with Crippen LogP contribution in [0, 0.1) is 0 Å². The lowest BCUT2D eigenvalue weighted by Gasteiger charge is -2.15. The summed E-state index contributed by atoms with van der Waals surface area (Å²) < 4.78 is 39.8. The smallest absolute Gasteiger partial charge is 0.416 e. The summed E-state index contributed by atoms with van der Waals surface area (Å²) in [5.74, 6) is -1.77. The van der Waals surface area contributed by atoms with Crippen molar-refractivity contribution in [1.29, 1.82) is 0 Å². The lowest BCUT2D eigenvalue weighted by molar-refractivity contribution is -0.137. The van der Waals surface area contributed by atoms with Crippen LogP contribution in [-0.4, -0.2) is 32.1 Å². The van der Waals surface area contributed by atoms with Gasteiger partial charge in [-0.25, -0.2) is 19.6 Å². The summed E-state index contributed by atoms with van der Waals surface area (Å²) in [5, 5.41) is 23.7. The fourth-order valence-corrected chi connectivity index (χ4v) is 3.37. The molecule has 0 aliphatic carbocycles. The number of carboxylic acid groups (broad SMARTS) is 2. The van der Waals surface area contributed by atoms with Crippen LogP contribution in [0.2, 0.25) is 0 Å². The molecule has 0 saturated heterocycles. The highest BCUT2D eigenvalue weighted by Crippen LogP contribution is 2.33. The first-order valence-electron chi connectivity index (χ1n) is 11.0. The molecule has 0 saturated carbocycles. The SMILES string of the molecule is O=C(O)/C=C/c1ccc(Nc2nc3ccc(C(F)(F)F)cc3nc2Nc2ccc(/C=C/C(=O)O)cc2)cc1. The van der Waals surface area contributed by atoms with E-state index in [1.54, 1.807) is 48.5 Å². The molecule has 0 aliphatic rings. The Balaban J connectivity index is 1.69. The predicted molar refractivity (Wildman–Crippen MR) is 137 cm³/mol. The van der Waals surface area contributed by atoms with Crippen LogP contribution in [0.3, 0.4) is 0 Å². The summed E-state index contributed by atoms with van der Waals surface area (Å²) in [4.78, 5) is 30.3. The molecule has 0 fully saturated rings. The third-order valence-corrected chi connectivity index (χ3v) is 5.18. The number of anilines is 4. The Morgan fingerprint density at radius 1 is 0.684 bits per heavy atom. The summed E-state index contributed by atoms with van der Waals surface area (Å²) >= 11 is 0. The van der Waals surface area contributed by atoms with Crippen molar-refractivity contribution in [1.82, 2.24) is 9.97 Å². The van der Waals surface area contributed by atoms with Crippen LogP contribution in [0.15, 0.2) is 78.9 Å². The van der Waals surface area contributed by atoms with Gasteiger partial charge in [-0.1, -0.05) is 24.3 Å². The Hall–Kier alpha value is -5.19. The number of hydrogen-bond acceptors (Lipinski definition) is 6. The van der Waals surface area contributed by atoms with Gasteiger partial charge in [0.05, 0.1) is 16.6 Å². The van der Waals surface area contributed by atoms with E-state index >= 15 is 0 Å². The van der Waals surface area contributed by atoms with Crippen LogP contribution in [0.1, 0.15) is 16.7 Å². The van der Waals surface area contributed by atoms with E-state index in [9.17, 15) is 22.8 Å². The van der Waals surface area contributed by atoms with E-state index in [4.69, 9.17) is 10.2 Å². The van der Waals surface area contributed by atoms with Gasteiger partial charge in [-0.2, -0.15) is 13.2 Å². The molecule has 0 radical (unpaired) electrons. The van der Waals surface area contributed by atoms with E-state index in [1.807, 2.05) is 0 Å². The first-order valence-corrected chi connectivity index (χ1v) is 11.0. The van der Waals surface area contributed by atoms with E-state index in [-0.39, 0.29) is 22.7 Å². The van der Waals surface area contributed by atoms with E-state index in [1.165, 1.54) is 18.2 Å². The molecular weight excluding hydrogens is 501 g/mol. The lowest BCUT2D eigenvalue weighted by Crippen LogP contribution is -2.07. The average Bonchev–Trinajstić information content (AvgIpc) is 2.87. The fourth-order valence-electron chi connectivity index (χ4n) is 3.37. The van der Waals surface area contributed by atoms with Gasteiger partial charge in [0.2, 0.25) is 0 Å². The van der Waals surface area contributed by atoms with Crippen molar-refractivity contribution >= 4 is 58.1 Å². The molecule has 1 heterocycles. The van der Waals surface area contributed by atoms with E-state index in [2.05, 4.69) is 20.6 Å². The highest BCUT2D eigenvalue weighted by molar-refractivity contribution is 5.87. The van der Waals surface area contributed by atoms with E-state index in [0.29, 0.717) is 22.5 Å². The molecule has 0 aliphatic heterocycles. The zero-order valence-corrected chi connectivity index (χ0v) is 19.4. The number of nitrogens with one attached hydrogen (secondary N) is 2. The highest BCUT2D eigenvalue weighted by atomic mass is 19.4. The zero-order valence-electron chi connectivity index (χ0n) is 19.4. The van der Waals surface area contributed by atoms with Gasteiger partial charge in [0.1, 0.15) is 0 Å². The van der Waals surface area contributed by atoms with Crippen molar-refractivity contribution in [2.75, 3.05) is 10.6 Å². The van der Waals surface area contributed by atoms with Crippen LogP contribution < -0.4 is 10.6 Å². The number of nitrogens with zero attached hydrogens (tertiary/aromatic N) is 2. The Labute approximate surface area is 213 Å². The van der Waals surface area contributed by atoms with Crippen molar-refractivity contribution < 1.29 is 33.0 Å². The van der Waals surface area contributed by atoms with E-state index < -0.39 is 23.7 Å². The molecular formula is C27H19F3N4O4. The number of fused-ring (bicyclic) bond motifs is 1. The van der Waals surface area contributed by atoms with Gasteiger partial charge in [0.25, 0.3) is 0 Å². The predicted octanol–water partition coefficient (Wildman–Crippen LogP) is 6.33. The Morgan fingerprint density at radius 2 is 1.13 bits per heavy atom. The van der Waals surface area contributed by atoms with Gasteiger partial charge in [0.15, 0.2) is 11.6 Å². The summed E-state index contributed by atoms with van der Waals surface area (Å²) in [7, 11) is 0. The highest BCUT2D eigenvalue weighted by Gasteiger charge is 2.30. The zero-order chi connectivity index (χ0) is 27.3. The summed E-state index contributed by atoms with van der Waals surface area (Å²) in [6, 6.07) is 16.5. The Morgan fingerprint density at radius 3 is 1.55 bits per heavy atom. The number of alkyl halides is 3. The molecule has 4 N–H and O–H groups in total. The van der Waals surface area contributed by atoms with Gasteiger partial charge in [-0.05, 0) is 65.7 Å². The molecule has 3 aromatic carbocycles. The van der Waals surface area contributed by atoms with Crippen LogP contribution >= 0.6 is 0 Å². The number of aliphatic carboxylic acids is 2. The standard InChI is InChI=1S/C27H19F3N4O4/c28-27(29,30)18-7-12-21-22(15-18)34-26(32-20-10-3-17(4-11-20)6-14-24(37)38)25(33-21)31-19-8-1-16(2-9-19)5-13-23(35)36/h1-15H,(H,31,33)(H,32,34)(H,35,36)(H,37,38)/b13-5+,14-6+. The maximum atomic E-state index is 13.3. The minimum absolute atomic E-state index is 0.0306. The van der Waals surface area contributed by atoms with Crippen molar-refractivity contribution in [3.05, 3.63) is 95.6 Å². The monoisotopic (exact) mass is 520 g/mol. The molecule has 4 rings (SSSR count). The number of aromatic nitrogens is 2. The van der Waals surface area contributed by atoms with Crippen molar-refractivity contribution in [2.45, 2.75) is 6.18 Å². The largest absolute Gasteiger partial charge is 0.478 e. The minimum atomic E-state index is -4.55. The maximum absolute atomic E-state index is 13.3. The molecule has 0 spiro atoms. The molecule has 4 aromatic rings. The number of halogens is 3. The fraction of sp³-hybridized carbons (Fsp3) is 0.0370. The van der Waals surface area contributed by atoms with Gasteiger partial charge >= 0.3 is 18.1 Å². The molecule has 0 atom stereocenters. The number of benzene rings is 3. The maximum Gasteiger partial charge on any atom is 0.416 e. The van der Waals surface area contributed by atoms with Crippen molar-refractivity contribution in [3.63, 3.8) is 0 Å². The van der Waals surface area contributed by atoms with Crippen LogP contribution in [0.25, 0.3) is 23.2 Å². The van der Waals surface area contributed by atoms with Crippen molar-refractivity contribution in [2.24, 2.45) is 0 Å². The lowest BCUT2D eigenvalue weighted by atomic mass is 10.1. The van der Waals surface area contributed by atoms with Crippen LogP contribution in [-0.2, 0) is 15.8 Å². The van der Waals surface area contributed by atoms with Crippen LogP contribution in [0.5, 0.6) is 0 Å². The third kappa shape index (κ3) is 6.72. The Kier molecular flexibility index (Phi) is 7.38. The Bertz CT molecular complexity index is 1550. The number of rotatable bonds is 8. The van der Waals surface area contributed by atoms with Gasteiger partial charge in [-0.15, -0.1) is 0 Å². The van der Waals surface area contributed by atoms with Gasteiger partial charge < -0.3 is 20.8 Å². The molecule has 38 heavy (non-hydrogen) atoms. The molecule has 11 heteroatoms. The van der Waals surface area contributed by atoms with Crippen molar-refractivity contribution in [3.8, 4) is 0 Å². The number of carbonyl (C=O) groups is 2. The van der Waals surface area contributed by atoms with Gasteiger partial charge in [0, 0.05) is 23.5 Å². The third-order valence-electron chi connectivity index (χ3n) is 5.18.